The summed E-state index contributed by atoms with van der Waals surface area (Å²) in [5.74, 6) is -2.07. The largest absolute Gasteiger partial charge is 0.497 e. The first kappa shape index (κ1) is 21.8. The first-order valence-electron chi connectivity index (χ1n) is 9.77. The van der Waals surface area contributed by atoms with Gasteiger partial charge in [0.25, 0.3) is 0 Å². The van der Waals surface area contributed by atoms with Crippen LogP contribution in [0, 0.1) is 5.92 Å². The van der Waals surface area contributed by atoms with E-state index >= 15 is 0 Å². The van der Waals surface area contributed by atoms with Gasteiger partial charge in [0.05, 0.1) is 29.3 Å². The number of nitrogens with zero attached hydrogens (tertiary/aromatic N) is 1. The third-order valence-electron chi connectivity index (χ3n) is 5.73. The Morgan fingerprint density at radius 1 is 1.03 bits per heavy atom. The predicted molar refractivity (Wildman–Crippen MR) is 117 cm³/mol. The zero-order valence-corrected chi connectivity index (χ0v) is 18.5. The van der Waals surface area contributed by atoms with Gasteiger partial charge in [0.1, 0.15) is 11.0 Å². The first-order valence-corrected chi connectivity index (χ1v) is 11.5. The third-order valence-corrected chi connectivity index (χ3v) is 8.13. The molecule has 1 aromatic heterocycles. The second-order valence-corrected chi connectivity index (χ2v) is 9.75. The highest BCUT2D eigenvalue weighted by Crippen LogP contribution is 2.53. The quantitative estimate of drug-likeness (QED) is 0.553. The summed E-state index contributed by atoms with van der Waals surface area (Å²) < 4.78 is 44.9. The van der Waals surface area contributed by atoms with Crippen molar-refractivity contribution < 1.29 is 27.5 Å². The Kier molecular flexibility index (Phi) is 5.13. The smallest absolute Gasteiger partial charge is 0.416 e. The molecule has 0 aliphatic carbocycles. The van der Waals surface area contributed by atoms with Crippen molar-refractivity contribution in [1.82, 2.24) is 4.98 Å². The minimum Gasteiger partial charge on any atom is -0.497 e. The number of amides is 2. The first-order chi connectivity index (χ1) is 15.7. The van der Waals surface area contributed by atoms with Crippen LogP contribution in [0.4, 0.5) is 18.9 Å². The maximum atomic E-state index is 13.5. The van der Waals surface area contributed by atoms with E-state index in [1.54, 1.807) is 24.3 Å². The van der Waals surface area contributed by atoms with Crippen LogP contribution in [0.15, 0.2) is 58.4 Å². The molecule has 170 valence electrons. The fourth-order valence-electron chi connectivity index (χ4n) is 4.26. The Labute approximate surface area is 193 Å². The average molecular weight is 493 g/mol. The number of fused-ring (bicyclic) bond motifs is 2. The van der Waals surface area contributed by atoms with Crippen molar-refractivity contribution in [3.8, 4) is 5.75 Å². The Bertz CT molecular complexity index is 1320. The van der Waals surface area contributed by atoms with Gasteiger partial charge in [-0.1, -0.05) is 41.3 Å². The summed E-state index contributed by atoms with van der Waals surface area (Å²) >= 11 is 2.03. The Morgan fingerprint density at radius 3 is 2.42 bits per heavy atom. The number of H-pyrrole nitrogens is 1. The Morgan fingerprint density at radius 2 is 1.76 bits per heavy atom. The molecule has 5 rings (SSSR count). The molecule has 1 N–H and O–H groups in total. The van der Waals surface area contributed by atoms with Crippen LogP contribution in [0.1, 0.15) is 21.9 Å². The van der Waals surface area contributed by atoms with Crippen molar-refractivity contribution in [3.05, 3.63) is 74.2 Å². The molecular weight excluding hydrogens is 477 g/mol. The van der Waals surface area contributed by atoms with Crippen molar-refractivity contribution in [1.29, 1.82) is 0 Å². The van der Waals surface area contributed by atoms with E-state index in [1.165, 1.54) is 19.2 Å². The third kappa shape index (κ3) is 3.55. The summed E-state index contributed by atoms with van der Waals surface area (Å²) in [5.41, 5.74) is -0.368. The number of aromatic amines is 1. The molecule has 0 radical (unpaired) electrons. The number of ether oxygens (including phenoxy) is 1. The number of carbonyl (C=O) groups is 2. The molecule has 1 fully saturated rings. The van der Waals surface area contributed by atoms with Gasteiger partial charge in [-0.3, -0.25) is 14.4 Å². The van der Waals surface area contributed by atoms with Crippen LogP contribution < -0.4 is 14.5 Å². The fourth-order valence-corrected chi connectivity index (χ4v) is 6.78. The number of thioether (sulfide) groups is 1. The lowest BCUT2D eigenvalue weighted by Crippen LogP contribution is -2.32. The van der Waals surface area contributed by atoms with Crippen LogP contribution in [0.3, 0.4) is 0 Å². The van der Waals surface area contributed by atoms with E-state index in [4.69, 9.17) is 4.74 Å². The van der Waals surface area contributed by atoms with E-state index in [2.05, 4.69) is 4.98 Å². The summed E-state index contributed by atoms with van der Waals surface area (Å²) in [6, 6.07) is 11.1. The van der Waals surface area contributed by atoms with Crippen LogP contribution in [-0.4, -0.2) is 29.2 Å². The van der Waals surface area contributed by atoms with Gasteiger partial charge in [-0.05, 0) is 35.9 Å². The number of methoxy groups -OCH3 is 1. The summed E-state index contributed by atoms with van der Waals surface area (Å²) in [7, 11) is 1.52. The maximum Gasteiger partial charge on any atom is 0.416 e. The number of imide groups is 1. The van der Waals surface area contributed by atoms with Crippen LogP contribution in [-0.2, 0) is 15.8 Å². The highest BCUT2D eigenvalue weighted by atomic mass is 32.2. The van der Waals surface area contributed by atoms with Gasteiger partial charge >= 0.3 is 11.0 Å². The Hall–Kier alpha value is -3.05. The van der Waals surface area contributed by atoms with Crippen LogP contribution in [0.2, 0.25) is 0 Å². The minimum atomic E-state index is -4.61. The molecule has 3 atom stereocenters. The lowest BCUT2D eigenvalue weighted by atomic mass is 9.83. The normalized spacial score (nSPS) is 22.3. The van der Waals surface area contributed by atoms with Crippen LogP contribution in [0.5, 0.6) is 5.75 Å². The van der Waals surface area contributed by atoms with Gasteiger partial charge in [0, 0.05) is 10.8 Å². The Balaban J connectivity index is 1.61. The van der Waals surface area contributed by atoms with E-state index in [9.17, 15) is 27.6 Å². The van der Waals surface area contributed by atoms with Crippen molar-refractivity contribution in [2.45, 2.75) is 22.4 Å². The summed E-state index contributed by atoms with van der Waals surface area (Å²) in [6.45, 7) is 0. The van der Waals surface area contributed by atoms with E-state index in [0.29, 0.717) is 21.2 Å². The second-order valence-electron chi connectivity index (χ2n) is 7.58. The topological polar surface area (TPSA) is 79.5 Å². The number of benzene rings is 2. The number of aromatic nitrogens is 1. The molecule has 0 spiro atoms. The number of alkyl halides is 3. The highest BCUT2D eigenvalue weighted by molar-refractivity contribution is 8.00. The van der Waals surface area contributed by atoms with Gasteiger partial charge in [0.2, 0.25) is 11.8 Å². The van der Waals surface area contributed by atoms with Crippen molar-refractivity contribution >= 4 is 40.6 Å². The molecule has 2 aromatic carbocycles. The monoisotopic (exact) mass is 492 g/mol. The van der Waals surface area contributed by atoms with Crippen LogP contribution >= 0.6 is 23.1 Å². The summed E-state index contributed by atoms with van der Waals surface area (Å²) in [5, 5.41) is -0.379. The molecule has 0 saturated carbocycles. The van der Waals surface area contributed by atoms with E-state index in [1.807, 2.05) is 0 Å². The standard InChI is InChI=1S/C22H15F3N2O4S2/c1-31-13-7-5-10(6-8-13)14-15-17(32-18-16(14)33-21(30)26-18)20(29)27(19(15)28)12-4-2-3-11(9-12)22(23,24)25/h2-9,14-15,17H,1H3,(H,26,30)/t14-,15-,17+/m0/s1. The zero-order chi connectivity index (χ0) is 23.5. The van der Waals surface area contributed by atoms with Crippen molar-refractivity contribution in [2.75, 3.05) is 12.0 Å². The van der Waals surface area contributed by atoms with Gasteiger partial charge in [0.15, 0.2) is 0 Å². The number of rotatable bonds is 3. The molecule has 0 bridgehead atoms. The molecule has 6 nitrogen and oxygen atoms in total. The summed E-state index contributed by atoms with van der Waals surface area (Å²) in [6.07, 6.45) is -4.61. The van der Waals surface area contributed by atoms with E-state index in [-0.39, 0.29) is 10.6 Å². The molecule has 2 amide bonds. The zero-order valence-electron chi connectivity index (χ0n) is 16.9. The summed E-state index contributed by atoms with van der Waals surface area (Å²) in [4.78, 5) is 42.8. The number of hydrogen-bond donors (Lipinski definition) is 1. The van der Waals surface area contributed by atoms with Crippen molar-refractivity contribution in [2.24, 2.45) is 5.92 Å². The van der Waals surface area contributed by atoms with Gasteiger partial charge in [-0.2, -0.15) is 13.2 Å². The molecule has 2 aliphatic rings. The number of carbonyl (C=O) groups excluding carboxylic acids is 2. The van der Waals surface area contributed by atoms with Crippen molar-refractivity contribution in [3.63, 3.8) is 0 Å². The highest BCUT2D eigenvalue weighted by Gasteiger charge is 2.56. The van der Waals surface area contributed by atoms with Gasteiger partial charge in [-0.15, -0.1) is 0 Å². The number of nitrogens with one attached hydrogen (secondary N) is 1. The second kappa shape index (κ2) is 7.77. The number of thiazole rings is 1. The molecule has 11 heteroatoms. The minimum absolute atomic E-state index is 0.125. The van der Waals surface area contributed by atoms with Gasteiger partial charge < -0.3 is 9.72 Å². The molecule has 3 heterocycles. The molecule has 3 aromatic rings. The molecular formula is C22H15F3N2O4S2. The maximum absolute atomic E-state index is 13.5. The lowest BCUT2D eigenvalue weighted by Gasteiger charge is -2.29. The molecule has 2 aliphatic heterocycles. The van der Waals surface area contributed by atoms with Crippen LogP contribution in [0.25, 0.3) is 0 Å². The van der Waals surface area contributed by atoms with Gasteiger partial charge in [-0.25, -0.2) is 4.90 Å². The molecule has 0 unspecified atom stereocenters. The molecule has 33 heavy (non-hydrogen) atoms. The fraction of sp³-hybridized carbons (Fsp3) is 0.227. The van der Waals surface area contributed by atoms with E-state index < -0.39 is 40.6 Å². The average Bonchev–Trinajstić information content (AvgIpc) is 3.28. The van der Waals surface area contributed by atoms with E-state index in [0.717, 1.165) is 40.1 Å². The number of anilines is 1. The number of halogens is 3. The molecule has 1 saturated heterocycles. The SMILES string of the molecule is COc1ccc([C@@H]2c3sc(=O)[nH]c3S[C@H]3C(=O)N(c4cccc(C(F)(F)F)c4)C(=O)[C@@H]23)cc1. The number of hydrogen-bond acceptors (Lipinski definition) is 6. The lowest BCUT2D eigenvalue weighted by molar-refractivity contribution is -0.137. The predicted octanol–water partition coefficient (Wildman–Crippen LogP) is 4.26.